The van der Waals surface area contributed by atoms with Gasteiger partial charge in [0.1, 0.15) is 0 Å². The molecule has 0 saturated carbocycles. The molecule has 26 heavy (non-hydrogen) atoms. The number of nitrogens with one attached hydrogen (secondary N) is 1. The average Bonchev–Trinajstić information content (AvgIpc) is 2.69. The number of amides is 1. The van der Waals surface area contributed by atoms with Gasteiger partial charge in [0.05, 0.1) is 5.41 Å². The lowest BCUT2D eigenvalue weighted by atomic mass is 9.81. The highest BCUT2D eigenvalue weighted by Crippen LogP contribution is 2.29. The van der Waals surface area contributed by atoms with Crippen molar-refractivity contribution >= 4 is 11.9 Å². The third-order valence-corrected chi connectivity index (χ3v) is 5.69. The van der Waals surface area contributed by atoms with Crippen molar-refractivity contribution in [1.29, 1.82) is 0 Å². The summed E-state index contributed by atoms with van der Waals surface area (Å²) in [6.45, 7) is 12.8. The van der Waals surface area contributed by atoms with Crippen LogP contribution in [0, 0.1) is 5.41 Å². The van der Waals surface area contributed by atoms with E-state index in [1.807, 2.05) is 6.07 Å². The highest BCUT2D eigenvalue weighted by molar-refractivity contribution is 5.82. The van der Waals surface area contributed by atoms with Crippen LogP contribution in [0.3, 0.4) is 0 Å². The van der Waals surface area contributed by atoms with Crippen LogP contribution in [-0.4, -0.2) is 84.6 Å². The minimum atomic E-state index is -0.238. The minimum Gasteiger partial charge on any atom is -0.354 e. The van der Waals surface area contributed by atoms with Crippen LogP contribution in [0.1, 0.15) is 26.7 Å². The van der Waals surface area contributed by atoms with Gasteiger partial charge in [-0.3, -0.25) is 9.69 Å². The molecule has 1 atom stereocenters. The van der Waals surface area contributed by atoms with Crippen LogP contribution in [0.2, 0.25) is 0 Å². The van der Waals surface area contributed by atoms with Gasteiger partial charge < -0.3 is 15.1 Å². The monoisotopic (exact) mass is 360 g/mol. The van der Waals surface area contributed by atoms with E-state index in [2.05, 4.69) is 43.8 Å². The molecule has 0 aliphatic carbocycles. The molecule has 7 nitrogen and oxygen atoms in total. The summed E-state index contributed by atoms with van der Waals surface area (Å²) in [5.74, 6) is 1.03. The van der Waals surface area contributed by atoms with E-state index < -0.39 is 0 Å². The van der Waals surface area contributed by atoms with Gasteiger partial charge in [-0.25, -0.2) is 9.97 Å². The van der Waals surface area contributed by atoms with Crippen molar-refractivity contribution in [2.24, 2.45) is 5.41 Å². The molecule has 0 spiro atoms. The van der Waals surface area contributed by atoms with Gasteiger partial charge in [0.25, 0.3) is 0 Å². The van der Waals surface area contributed by atoms with Crippen LogP contribution in [0.5, 0.6) is 0 Å². The van der Waals surface area contributed by atoms with Gasteiger partial charge in [0, 0.05) is 58.2 Å². The molecule has 0 unspecified atom stereocenters. The Morgan fingerprint density at radius 1 is 1.15 bits per heavy atom. The average molecular weight is 361 g/mol. The zero-order chi connectivity index (χ0) is 18.4. The fourth-order valence-electron chi connectivity index (χ4n) is 3.97. The predicted molar refractivity (Wildman–Crippen MR) is 103 cm³/mol. The van der Waals surface area contributed by atoms with Crippen LogP contribution in [0.25, 0.3) is 0 Å². The summed E-state index contributed by atoms with van der Waals surface area (Å²) in [4.78, 5) is 28.3. The van der Waals surface area contributed by atoms with Gasteiger partial charge in [0.15, 0.2) is 0 Å². The normalized spacial score (nSPS) is 25.2. The standard InChI is InChI=1S/C19H32N6O/c1-3-23-10-4-6-19(2,16-23)17(26)20-9-11-24-12-14-25(15-13-24)18-21-7-5-8-22-18/h5,7-8H,3-4,6,9-16H2,1-2H3,(H,20,26)/t19-/m0/s1. The van der Waals surface area contributed by atoms with E-state index in [0.717, 1.165) is 77.7 Å². The Morgan fingerprint density at radius 2 is 1.88 bits per heavy atom. The predicted octanol–water partition coefficient (Wildman–Crippen LogP) is 0.837. The number of carbonyl (C=O) groups excluding carboxylic acids is 1. The van der Waals surface area contributed by atoms with Gasteiger partial charge >= 0.3 is 0 Å². The molecule has 144 valence electrons. The highest BCUT2D eigenvalue weighted by atomic mass is 16.2. The fourth-order valence-corrected chi connectivity index (χ4v) is 3.97. The summed E-state index contributed by atoms with van der Waals surface area (Å²) in [5, 5.41) is 3.18. The Kier molecular flexibility index (Phi) is 6.43. The van der Waals surface area contributed by atoms with Gasteiger partial charge in [-0.05, 0) is 38.9 Å². The zero-order valence-corrected chi connectivity index (χ0v) is 16.2. The summed E-state index contributed by atoms with van der Waals surface area (Å²) in [7, 11) is 0. The van der Waals surface area contributed by atoms with Gasteiger partial charge in [-0.2, -0.15) is 0 Å². The lowest BCUT2D eigenvalue weighted by Gasteiger charge is -2.39. The van der Waals surface area contributed by atoms with Crippen molar-refractivity contribution in [3.63, 3.8) is 0 Å². The number of piperazine rings is 1. The number of piperidine rings is 1. The maximum absolute atomic E-state index is 12.7. The third kappa shape index (κ3) is 4.71. The Morgan fingerprint density at radius 3 is 2.58 bits per heavy atom. The maximum Gasteiger partial charge on any atom is 0.227 e. The van der Waals surface area contributed by atoms with Crippen LogP contribution >= 0.6 is 0 Å². The van der Waals surface area contributed by atoms with Crippen molar-refractivity contribution in [3.05, 3.63) is 18.5 Å². The lowest BCUT2D eigenvalue weighted by molar-refractivity contribution is -0.133. The first kappa shape index (κ1) is 19.0. The van der Waals surface area contributed by atoms with Crippen LogP contribution in [0.15, 0.2) is 18.5 Å². The van der Waals surface area contributed by atoms with E-state index in [4.69, 9.17) is 0 Å². The van der Waals surface area contributed by atoms with E-state index in [1.165, 1.54) is 0 Å². The molecule has 1 aromatic heterocycles. The second-order valence-electron chi connectivity index (χ2n) is 7.67. The molecular weight excluding hydrogens is 328 g/mol. The molecule has 2 saturated heterocycles. The summed E-state index contributed by atoms with van der Waals surface area (Å²) < 4.78 is 0. The Balaban J connectivity index is 1.38. The fraction of sp³-hybridized carbons (Fsp3) is 0.737. The van der Waals surface area contributed by atoms with Crippen molar-refractivity contribution in [2.45, 2.75) is 26.7 Å². The molecule has 7 heteroatoms. The minimum absolute atomic E-state index is 0.215. The summed E-state index contributed by atoms with van der Waals surface area (Å²) in [5.41, 5.74) is -0.238. The molecule has 0 bridgehead atoms. The Labute approximate surface area is 156 Å². The third-order valence-electron chi connectivity index (χ3n) is 5.69. The molecule has 2 fully saturated rings. The zero-order valence-electron chi connectivity index (χ0n) is 16.2. The van der Waals surface area contributed by atoms with E-state index in [9.17, 15) is 4.79 Å². The van der Waals surface area contributed by atoms with Crippen molar-refractivity contribution in [2.75, 3.05) is 63.8 Å². The van der Waals surface area contributed by atoms with Gasteiger partial charge in [0.2, 0.25) is 11.9 Å². The van der Waals surface area contributed by atoms with Crippen molar-refractivity contribution < 1.29 is 4.79 Å². The lowest BCUT2D eigenvalue weighted by Crippen LogP contribution is -2.52. The number of aromatic nitrogens is 2. The number of rotatable bonds is 6. The first-order valence-electron chi connectivity index (χ1n) is 9.86. The molecule has 1 aromatic rings. The number of nitrogens with zero attached hydrogens (tertiary/aromatic N) is 5. The van der Waals surface area contributed by atoms with Crippen molar-refractivity contribution in [3.8, 4) is 0 Å². The Hall–Kier alpha value is -1.73. The second-order valence-corrected chi connectivity index (χ2v) is 7.67. The Bertz CT molecular complexity index is 575. The van der Waals surface area contributed by atoms with E-state index >= 15 is 0 Å². The molecule has 3 heterocycles. The maximum atomic E-state index is 12.7. The highest BCUT2D eigenvalue weighted by Gasteiger charge is 2.37. The molecular formula is C19H32N6O. The number of likely N-dealkylation sites (tertiary alicyclic amines) is 1. The van der Waals surface area contributed by atoms with E-state index in [1.54, 1.807) is 12.4 Å². The quantitative estimate of drug-likeness (QED) is 0.811. The number of hydrogen-bond acceptors (Lipinski definition) is 6. The largest absolute Gasteiger partial charge is 0.354 e. The topological polar surface area (TPSA) is 64.6 Å². The molecule has 3 rings (SSSR count). The SMILES string of the molecule is CCN1CCC[C@](C)(C(=O)NCCN2CCN(c3ncccn3)CC2)C1. The summed E-state index contributed by atoms with van der Waals surface area (Å²) in [6, 6.07) is 1.84. The summed E-state index contributed by atoms with van der Waals surface area (Å²) >= 11 is 0. The smallest absolute Gasteiger partial charge is 0.227 e. The van der Waals surface area contributed by atoms with E-state index in [0.29, 0.717) is 0 Å². The first-order valence-corrected chi connectivity index (χ1v) is 9.86. The van der Waals surface area contributed by atoms with Crippen LogP contribution in [-0.2, 0) is 4.79 Å². The molecule has 0 radical (unpaired) electrons. The van der Waals surface area contributed by atoms with Crippen molar-refractivity contribution in [1.82, 2.24) is 25.1 Å². The molecule has 2 aliphatic rings. The van der Waals surface area contributed by atoms with E-state index in [-0.39, 0.29) is 11.3 Å². The van der Waals surface area contributed by atoms with Gasteiger partial charge in [-0.15, -0.1) is 0 Å². The number of hydrogen-bond donors (Lipinski definition) is 1. The molecule has 1 amide bonds. The van der Waals surface area contributed by atoms with Crippen LogP contribution < -0.4 is 10.2 Å². The van der Waals surface area contributed by atoms with Crippen LogP contribution in [0.4, 0.5) is 5.95 Å². The second kappa shape index (κ2) is 8.77. The molecule has 0 aromatic carbocycles. The summed E-state index contributed by atoms with van der Waals surface area (Å²) in [6.07, 6.45) is 5.68. The molecule has 2 aliphatic heterocycles. The number of anilines is 1. The van der Waals surface area contributed by atoms with Gasteiger partial charge in [-0.1, -0.05) is 6.92 Å². The number of carbonyl (C=O) groups is 1. The first-order chi connectivity index (χ1) is 12.6. The molecule has 1 N–H and O–H groups in total.